The highest BCUT2D eigenvalue weighted by Gasteiger charge is 2.32. The molecule has 2 rings (SSSR count). The highest BCUT2D eigenvalue weighted by atomic mass is 32.2. The summed E-state index contributed by atoms with van der Waals surface area (Å²) in [5.41, 5.74) is 1.25. The molecule has 0 spiro atoms. The normalized spacial score (nSPS) is 19.9. The lowest BCUT2D eigenvalue weighted by atomic mass is 10.1. The van der Waals surface area contributed by atoms with Crippen LogP contribution < -0.4 is 4.90 Å². The molecule has 0 aliphatic carbocycles. The number of aromatic nitrogens is 1. The number of nitriles is 1. The lowest BCUT2D eigenvalue weighted by Crippen LogP contribution is -2.46. The van der Waals surface area contributed by atoms with Gasteiger partial charge < -0.3 is 4.90 Å². The third-order valence-electron chi connectivity index (χ3n) is 3.57. The summed E-state index contributed by atoms with van der Waals surface area (Å²) >= 11 is 0. The first-order valence-corrected chi connectivity index (χ1v) is 7.97. The Bertz CT molecular complexity index is 622. The number of pyridine rings is 1. The van der Waals surface area contributed by atoms with Gasteiger partial charge in [0.25, 0.3) is 0 Å². The van der Waals surface area contributed by atoms with Gasteiger partial charge in [-0.1, -0.05) is 0 Å². The van der Waals surface area contributed by atoms with Crippen molar-refractivity contribution in [3.05, 3.63) is 24.0 Å². The van der Waals surface area contributed by atoms with E-state index in [-0.39, 0.29) is 0 Å². The molecule has 0 amide bonds. The van der Waals surface area contributed by atoms with Gasteiger partial charge in [0.1, 0.15) is 6.07 Å². The second kappa shape index (κ2) is 5.77. The predicted molar refractivity (Wildman–Crippen MR) is 76.8 cm³/mol. The van der Waals surface area contributed by atoms with Crippen molar-refractivity contribution < 1.29 is 8.42 Å². The summed E-state index contributed by atoms with van der Waals surface area (Å²) in [4.78, 5) is 5.90. The molecule has 2 heterocycles. The Labute approximate surface area is 119 Å². The van der Waals surface area contributed by atoms with E-state index in [2.05, 4.69) is 11.1 Å². The lowest BCUT2D eigenvalue weighted by Gasteiger charge is -2.35. The second-order valence-corrected chi connectivity index (χ2v) is 7.47. The maximum Gasteiger partial charge on any atom is 0.218 e. The van der Waals surface area contributed by atoms with Crippen LogP contribution >= 0.6 is 0 Å². The molecule has 1 aliphatic rings. The monoisotopic (exact) mass is 294 g/mol. The SMILES string of the molecule is CN(C)S(=O)(=O)C1CCCN(c2ccncc2C#N)C1. The molecular weight excluding hydrogens is 276 g/mol. The fourth-order valence-electron chi connectivity index (χ4n) is 2.45. The molecule has 20 heavy (non-hydrogen) atoms. The molecule has 1 fully saturated rings. The van der Waals surface area contributed by atoms with Gasteiger partial charge in [-0.15, -0.1) is 0 Å². The summed E-state index contributed by atoms with van der Waals surface area (Å²) in [7, 11) is -0.153. The van der Waals surface area contributed by atoms with Crippen molar-refractivity contribution in [2.75, 3.05) is 32.1 Å². The van der Waals surface area contributed by atoms with E-state index in [1.807, 2.05) is 4.90 Å². The summed E-state index contributed by atoms with van der Waals surface area (Å²) in [5.74, 6) is 0. The standard InChI is InChI=1S/C13H18N4O2S/c1-16(2)20(18,19)12-4-3-7-17(10-12)13-5-6-15-9-11(13)8-14/h5-6,9,12H,3-4,7,10H2,1-2H3. The van der Waals surface area contributed by atoms with Gasteiger partial charge >= 0.3 is 0 Å². The molecule has 1 aliphatic heterocycles. The van der Waals surface area contributed by atoms with Crippen molar-refractivity contribution in [2.24, 2.45) is 0 Å². The van der Waals surface area contributed by atoms with Crippen LogP contribution in [0.25, 0.3) is 0 Å². The first-order valence-electron chi connectivity index (χ1n) is 6.47. The molecule has 1 aromatic heterocycles. The van der Waals surface area contributed by atoms with Crippen molar-refractivity contribution in [3.8, 4) is 6.07 Å². The third kappa shape index (κ3) is 2.76. The van der Waals surface area contributed by atoms with Gasteiger partial charge in [-0.3, -0.25) is 4.98 Å². The number of piperidine rings is 1. The van der Waals surface area contributed by atoms with Crippen LogP contribution in [0.4, 0.5) is 5.69 Å². The van der Waals surface area contributed by atoms with E-state index in [1.54, 1.807) is 26.4 Å². The first kappa shape index (κ1) is 14.8. The van der Waals surface area contributed by atoms with E-state index in [0.717, 1.165) is 18.7 Å². The highest BCUT2D eigenvalue weighted by Crippen LogP contribution is 2.26. The molecule has 1 aromatic rings. The smallest absolute Gasteiger partial charge is 0.218 e. The Morgan fingerprint density at radius 1 is 1.50 bits per heavy atom. The summed E-state index contributed by atoms with van der Waals surface area (Å²) in [6, 6.07) is 3.87. The molecule has 0 saturated carbocycles. The van der Waals surface area contributed by atoms with Gasteiger partial charge in [-0.05, 0) is 18.9 Å². The van der Waals surface area contributed by atoms with E-state index >= 15 is 0 Å². The average Bonchev–Trinajstić information content (AvgIpc) is 2.47. The van der Waals surface area contributed by atoms with E-state index < -0.39 is 15.3 Å². The van der Waals surface area contributed by atoms with E-state index in [4.69, 9.17) is 5.26 Å². The Morgan fingerprint density at radius 3 is 2.90 bits per heavy atom. The number of hydrogen-bond donors (Lipinski definition) is 0. The largest absolute Gasteiger partial charge is 0.369 e. The number of sulfonamides is 1. The summed E-state index contributed by atoms with van der Waals surface area (Å²) < 4.78 is 25.8. The molecule has 108 valence electrons. The zero-order valence-corrected chi connectivity index (χ0v) is 12.5. The first-order chi connectivity index (χ1) is 9.46. The predicted octanol–water partition coefficient (Wildman–Crippen LogP) is 0.813. The molecular formula is C13H18N4O2S. The molecule has 1 saturated heterocycles. The van der Waals surface area contributed by atoms with Gasteiger partial charge in [0.15, 0.2) is 0 Å². The Hall–Kier alpha value is -1.65. The van der Waals surface area contributed by atoms with Crippen LogP contribution in [0.5, 0.6) is 0 Å². The third-order valence-corrected chi connectivity index (χ3v) is 5.81. The summed E-state index contributed by atoms with van der Waals surface area (Å²) in [6.45, 7) is 1.18. The van der Waals surface area contributed by atoms with Crippen LogP contribution in [0.15, 0.2) is 18.5 Å². The fourth-order valence-corrected chi connectivity index (χ4v) is 3.88. The van der Waals surface area contributed by atoms with Crippen LogP contribution in [-0.4, -0.2) is 50.1 Å². The van der Waals surface area contributed by atoms with Crippen molar-refractivity contribution in [2.45, 2.75) is 18.1 Å². The zero-order valence-electron chi connectivity index (χ0n) is 11.7. The van der Waals surface area contributed by atoms with Gasteiger partial charge in [0, 0.05) is 39.6 Å². The minimum absolute atomic E-state index is 0.416. The Kier molecular flexibility index (Phi) is 4.26. The zero-order chi connectivity index (χ0) is 14.8. The maximum atomic E-state index is 12.2. The lowest BCUT2D eigenvalue weighted by molar-refractivity contribution is 0.478. The van der Waals surface area contributed by atoms with E-state index in [9.17, 15) is 8.42 Å². The molecule has 7 heteroatoms. The quantitative estimate of drug-likeness (QED) is 0.824. The van der Waals surface area contributed by atoms with Crippen molar-refractivity contribution in [1.29, 1.82) is 5.26 Å². The number of anilines is 1. The Morgan fingerprint density at radius 2 is 2.25 bits per heavy atom. The average molecular weight is 294 g/mol. The van der Waals surface area contributed by atoms with Crippen molar-refractivity contribution in [3.63, 3.8) is 0 Å². The second-order valence-electron chi connectivity index (χ2n) is 5.04. The van der Waals surface area contributed by atoms with E-state index in [0.29, 0.717) is 18.5 Å². The van der Waals surface area contributed by atoms with Gasteiger partial charge in [0.2, 0.25) is 10.0 Å². The van der Waals surface area contributed by atoms with Crippen molar-refractivity contribution >= 4 is 15.7 Å². The van der Waals surface area contributed by atoms with Gasteiger partial charge in [-0.2, -0.15) is 5.26 Å². The molecule has 1 unspecified atom stereocenters. The number of rotatable bonds is 3. The minimum atomic E-state index is -3.27. The molecule has 0 N–H and O–H groups in total. The van der Waals surface area contributed by atoms with Crippen LogP contribution in [0.2, 0.25) is 0 Å². The number of nitrogens with zero attached hydrogens (tertiary/aromatic N) is 4. The van der Waals surface area contributed by atoms with E-state index in [1.165, 1.54) is 10.5 Å². The Balaban J connectivity index is 2.26. The van der Waals surface area contributed by atoms with Gasteiger partial charge in [0.05, 0.1) is 16.5 Å². The highest BCUT2D eigenvalue weighted by molar-refractivity contribution is 7.89. The molecule has 0 radical (unpaired) electrons. The molecule has 0 bridgehead atoms. The molecule has 1 atom stereocenters. The number of hydrogen-bond acceptors (Lipinski definition) is 5. The van der Waals surface area contributed by atoms with Crippen molar-refractivity contribution in [1.82, 2.24) is 9.29 Å². The summed E-state index contributed by atoms with van der Waals surface area (Å²) in [6.07, 6.45) is 4.59. The summed E-state index contributed by atoms with van der Waals surface area (Å²) in [5, 5.41) is 8.69. The molecule has 0 aromatic carbocycles. The fraction of sp³-hybridized carbons (Fsp3) is 0.538. The van der Waals surface area contributed by atoms with Gasteiger partial charge in [-0.25, -0.2) is 12.7 Å². The van der Waals surface area contributed by atoms with Crippen LogP contribution in [0.1, 0.15) is 18.4 Å². The minimum Gasteiger partial charge on any atom is -0.369 e. The van der Waals surface area contributed by atoms with Crippen LogP contribution in [-0.2, 0) is 10.0 Å². The molecule has 6 nitrogen and oxygen atoms in total. The maximum absolute atomic E-state index is 12.2. The van der Waals surface area contributed by atoms with Crippen LogP contribution in [0, 0.1) is 11.3 Å². The topological polar surface area (TPSA) is 77.3 Å². The van der Waals surface area contributed by atoms with Crippen LogP contribution in [0.3, 0.4) is 0 Å².